The van der Waals surface area contributed by atoms with Gasteiger partial charge in [-0.1, -0.05) is 26.0 Å². The van der Waals surface area contributed by atoms with Gasteiger partial charge in [-0.2, -0.15) is 10.2 Å². The van der Waals surface area contributed by atoms with Crippen molar-refractivity contribution < 1.29 is 9.84 Å². The quantitative estimate of drug-likeness (QED) is 0.886. The lowest BCUT2D eigenvalue weighted by molar-refractivity contribution is 0.218. The van der Waals surface area contributed by atoms with Gasteiger partial charge in [-0.05, 0) is 43.5 Å². The van der Waals surface area contributed by atoms with Gasteiger partial charge in [-0.15, -0.1) is 0 Å². The summed E-state index contributed by atoms with van der Waals surface area (Å²) < 4.78 is 5.56. The van der Waals surface area contributed by atoms with E-state index in [4.69, 9.17) is 4.74 Å². The van der Waals surface area contributed by atoms with Crippen LogP contribution in [0.1, 0.15) is 48.9 Å². The van der Waals surface area contributed by atoms with Gasteiger partial charge in [0.15, 0.2) is 0 Å². The fourth-order valence-electron chi connectivity index (χ4n) is 2.19. The maximum Gasteiger partial charge on any atom is 0.119 e. The van der Waals surface area contributed by atoms with Gasteiger partial charge in [-0.3, -0.25) is 0 Å². The third kappa shape index (κ3) is 3.79. The predicted octanol–water partition coefficient (Wildman–Crippen LogP) is 3.22. The predicted molar refractivity (Wildman–Crippen MR) is 82.4 cm³/mol. The largest absolute Gasteiger partial charge is 0.494 e. The van der Waals surface area contributed by atoms with E-state index in [0.717, 1.165) is 41.1 Å². The number of aliphatic hydroxyl groups excluding tert-OH is 1. The standard InChI is InChI=1S/C17H22N2O2/c1-4-10-21-14-8-6-13(7-9-14)17(20)15-11-12(3)18-19-16(15)5-2/h6-9,11,17,20H,4-5,10H2,1-3H3. The second-order valence-electron chi connectivity index (χ2n) is 5.06. The van der Waals surface area contributed by atoms with E-state index in [1.807, 2.05) is 44.2 Å². The molecule has 0 saturated heterocycles. The Hall–Kier alpha value is -1.94. The highest BCUT2D eigenvalue weighted by atomic mass is 16.5. The summed E-state index contributed by atoms with van der Waals surface area (Å²) in [5.74, 6) is 0.826. The molecule has 0 fully saturated rings. The second-order valence-corrected chi connectivity index (χ2v) is 5.06. The van der Waals surface area contributed by atoms with Gasteiger partial charge in [0.1, 0.15) is 11.9 Å². The van der Waals surface area contributed by atoms with Gasteiger partial charge < -0.3 is 9.84 Å². The Morgan fingerprint density at radius 2 is 1.86 bits per heavy atom. The van der Waals surface area contributed by atoms with E-state index < -0.39 is 6.10 Å². The van der Waals surface area contributed by atoms with E-state index in [9.17, 15) is 5.11 Å². The number of ether oxygens (including phenoxy) is 1. The lowest BCUT2D eigenvalue weighted by Crippen LogP contribution is -2.07. The minimum atomic E-state index is -0.686. The molecule has 21 heavy (non-hydrogen) atoms. The zero-order valence-electron chi connectivity index (χ0n) is 12.8. The molecule has 0 saturated carbocycles. The van der Waals surface area contributed by atoms with E-state index in [0.29, 0.717) is 6.61 Å². The zero-order chi connectivity index (χ0) is 15.2. The maximum atomic E-state index is 10.6. The van der Waals surface area contributed by atoms with Gasteiger partial charge in [0.25, 0.3) is 0 Å². The van der Waals surface area contributed by atoms with Crippen LogP contribution in [-0.4, -0.2) is 21.9 Å². The van der Waals surface area contributed by atoms with Crippen molar-refractivity contribution in [3.8, 4) is 5.75 Å². The number of rotatable bonds is 6. The van der Waals surface area contributed by atoms with Gasteiger partial charge in [0.2, 0.25) is 0 Å². The van der Waals surface area contributed by atoms with E-state index in [1.54, 1.807) is 0 Å². The molecule has 0 radical (unpaired) electrons. The fourth-order valence-corrected chi connectivity index (χ4v) is 2.19. The van der Waals surface area contributed by atoms with Crippen LogP contribution >= 0.6 is 0 Å². The molecular formula is C17H22N2O2. The average molecular weight is 286 g/mol. The van der Waals surface area contributed by atoms with E-state index in [-0.39, 0.29) is 0 Å². The van der Waals surface area contributed by atoms with Crippen molar-refractivity contribution in [3.05, 3.63) is 52.8 Å². The van der Waals surface area contributed by atoms with Crippen molar-refractivity contribution in [1.82, 2.24) is 10.2 Å². The first-order valence-electron chi connectivity index (χ1n) is 7.39. The number of benzene rings is 1. The molecule has 0 aliphatic carbocycles. The van der Waals surface area contributed by atoms with E-state index in [1.165, 1.54) is 0 Å². The van der Waals surface area contributed by atoms with Crippen LogP contribution in [-0.2, 0) is 6.42 Å². The molecule has 1 atom stereocenters. The molecule has 1 N–H and O–H groups in total. The Kier molecular flexibility index (Phi) is 5.28. The monoisotopic (exact) mass is 286 g/mol. The molecule has 112 valence electrons. The number of hydrogen-bond donors (Lipinski definition) is 1. The van der Waals surface area contributed by atoms with Crippen molar-refractivity contribution in [1.29, 1.82) is 0 Å². The molecule has 1 unspecified atom stereocenters. The minimum absolute atomic E-state index is 0.686. The molecule has 0 aliphatic heterocycles. The van der Waals surface area contributed by atoms with Crippen molar-refractivity contribution in [2.75, 3.05) is 6.61 Å². The summed E-state index contributed by atoms with van der Waals surface area (Å²) in [4.78, 5) is 0. The second kappa shape index (κ2) is 7.18. The maximum absolute atomic E-state index is 10.6. The van der Waals surface area contributed by atoms with Crippen LogP contribution in [0.4, 0.5) is 0 Å². The third-order valence-corrected chi connectivity index (χ3v) is 3.32. The molecule has 0 amide bonds. The summed E-state index contributed by atoms with van der Waals surface area (Å²) in [6.45, 7) is 6.67. The molecule has 2 aromatic rings. The van der Waals surface area contributed by atoms with Crippen LogP contribution in [0.25, 0.3) is 0 Å². The SMILES string of the molecule is CCCOc1ccc(C(O)c2cc(C)nnc2CC)cc1. The lowest BCUT2D eigenvalue weighted by atomic mass is 9.99. The summed E-state index contributed by atoms with van der Waals surface area (Å²) in [5.41, 5.74) is 3.30. The summed E-state index contributed by atoms with van der Waals surface area (Å²) in [6.07, 6.45) is 1.04. The number of nitrogens with zero attached hydrogens (tertiary/aromatic N) is 2. The van der Waals surface area contributed by atoms with Gasteiger partial charge in [0, 0.05) is 5.56 Å². The Labute approximate surface area is 125 Å². The minimum Gasteiger partial charge on any atom is -0.494 e. The van der Waals surface area contributed by atoms with Crippen LogP contribution in [0.5, 0.6) is 5.75 Å². The molecule has 1 aromatic heterocycles. The average Bonchev–Trinajstić information content (AvgIpc) is 2.52. The van der Waals surface area contributed by atoms with Crippen LogP contribution in [0.2, 0.25) is 0 Å². The number of aliphatic hydroxyl groups is 1. The Morgan fingerprint density at radius 1 is 1.14 bits per heavy atom. The third-order valence-electron chi connectivity index (χ3n) is 3.32. The van der Waals surface area contributed by atoms with Crippen molar-refractivity contribution >= 4 is 0 Å². The smallest absolute Gasteiger partial charge is 0.119 e. The Morgan fingerprint density at radius 3 is 2.48 bits per heavy atom. The lowest BCUT2D eigenvalue weighted by Gasteiger charge is -2.15. The highest BCUT2D eigenvalue weighted by molar-refractivity contribution is 5.36. The van der Waals surface area contributed by atoms with Gasteiger partial charge in [0.05, 0.1) is 18.0 Å². The van der Waals surface area contributed by atoms with Crippen LogP contribution in [0, 0.1) is 6.92 Å². The van der Waals surface area contributed by atoms with Crippen LogP contribution in [0.3, 0.4) is 0 Å². The normalized spacial score (nSPS) is 12.2. The van der Waals surface area contributed by atoms with Gasteiger partial charge >= 0.3 is 0 Å². The van der Waals surface area contributed by atoms with Crippen molar-refractivity contribution in [3.63, 3.8) is 0 Å². The Balaban J connectivity index is 2.23. The van der Waals surface area contributed by atoms with E-state index >= 15 is 0 Å². The summed E-state index contributed by atoms with van der Waals surface area (Å²) in [6, 6.07) is 9.47. The van der Waals surface area contributed by atoms with Crippen LogP contribution < -0.4 is 4.74 Å². The number of aryl methyl sites for hydroxylation is 2. The molecule has 1 aromatic carbocycles. The molecule has 0 spiro atoms. The summed E-state index contributed by atoms with van der Waals surface area (Å²) in [7, 11) is 0. The molecule has 1 heterocycles. The number of aromatic nitrogens is 2. The summed E-state index contributed by atoms with van der Waals surface area (Å²) >= 11 is 0. The van der Waals surface area contributed by atoms with Crippen molar-refractivity contribution in [2.24, 2.45) is 0 Å². The zero-order valence-corrected chi connectivity index (χ0v) is 12.8. The van der Waals surface area contributed by atoms with Crippen LogP contribution in [0.15, 0.2) is 30.3 Å². The molecule has 0 bridgehead atoms. The topological polar surface area (TPSA) is 55.2 Å². The molecular weight excluding hydrogens is 264 g/mol. The first-order valence-corrected chi connectivity index (χ1v) is 7.39. The summed E-state index contributed by atoms with van der Waals surface area (Å²) in [5, 5.41) is 18.8. The van der Waals surface area contributed by atoms with Gasteiger partial charge in [-0.25, -0.2) is 0 Å². The van der Waals surface area contributed by atoms with Crippen molar-refractivity contribution in [2.45, 2.75) is 39.7 Å². The molecule has 4 nitrogen and oxygen atoms in total. The molecule has 4 heteroatoms. The first kappa shape index (κ1) is 15.4. The fraction of sp³-hybridized carbons (Fsp3) is 0.412. The number of hydrogen-bond acceptors (Lipinski definition) is 4. The molecule has 0 aliphatic rings. The highest BCUT2D eigenvalue weighted by Gasteiger charge is 2.16. The molecule has 2 rings (SSSR count). The van der Waals surface area contributed by atoms with E-state index in [2.05, 4.69) is 17.1 Å². The first-order chi connectivity index (χ1) is 10.2. The highest BCUT2D eigenvalue weighted by Crippen LogP contribution is 2.26. The Bertz CT molecular complexity index is 582.